The molecule has 51 heavy (non-hydrogen) atoms. The molecule has 0 saturated carbocycles. The van der Waals surface area contributed by atoms with Crippen LogP contribution in [0, 0.1) is 6.92 Å². The number of hydrogen-bond donors (Lipinski definition) is 4. The molecule has 0 radical (unpaired) electrons. The third kappa shape index (κ3) is 8.81. The number of aryl methyl sites for hydroxylation is 1. The zero-order valence-electron chi connectivity index (χ0n) is 28.9. The molecule has 5 N–H and O–H groups in total. The average Bonchev–Trinajstić information content (AvgIpc) is 3.08. The summed E-state index contributed by atoms with van der Waals surface area (Å²) in [7, 11) is -2.63. The lowest BCUT2D eigenvalue weighted by atomic mass is 10.1. The molecule has 0 spiro atoms. The number of sulfone groups is 1. The number of fused-ring (bicyclic) bond motifs is 1. The van der Waals surface area contributed by atoms with E-state index in [-0.39, 0.29) is 20.9 Å². The van der Waals surface area contributed by atoms with E-state index in [0.717, 1.165) is 5.56 Å². The molecule has 0 atom stereocenters. The molecule has 0 aliphatic carbocycles. The highest BCUT2D eigenvalue weighted by Gasteiger charge is 2.24. The number of primary amides is 1. The second kappa shape index (κ2) is 14.9. The van der Waals surface area contributed by atoms with Crippen molar-refractivity contribution in [2.24, 2.45) is 5.73 Å². The number of nitrogens with two attached hydrogens (primary N) is 1. The van der Waals surface area contributed by atoms with Crippen LogP contribution in [0.2, 0.25) is 0 Å². The Morgan fingerprint density at radius 1 is 0.882 bits per heavy atom. The average molecular weight is 710 g/mol. The Balaban J connectivity index is 1.37. The largest absolute Gasteiger partial charge is 0.497 e. The molecule has 0 unspecified atom stereocenters. The van der Waals surface area contributed by atoms with E-state index in [1.54, 1.807) is 64.1 Å². The summed E-state index contributed by atoms with van der Waals surface area (Å²) in [6.45, 7) is 7.47. The standard InChI is InChI=1S/C38H39N5O7S/c1-23-18-30(21-31-33(23)41-22-32(35(39)44)34(31)42-27-9-7-10-28(20-27)49-5)51(47,48)29-11-6-8-25(19-29)36(45)43-26-14-12-24(13-15-26)16-17-40-37(46)50-38(2,3)4/h6-15,18-22H,16-17H2,1-5H3,(H2,39,44)(H,40,46)(H,41,42)(H,43,45). The first kappa shape index (κ1) is 36.3. The van der Waals surface area contributed by atoms with E-state index < -0.39 is 33.3 Å². The molecule has 0 saturated heterocycles. The molecule has 5 rings (SSSR count). The van der Waals surface area contributed by atoms with E-state index in [0.29, 0.717) is 52.2 Å². The van der Waals surface area contributed by atoms with Crippen molar-refractivity contribution >= 4 is 55.7 Å². The number of anilines is 3. The molecular weight excluding hydrogens is 671 g/mol. The first-order valence-electron chi connectivity index (χ1n) is 16.0. The summed E-state index contributed by atoms with van der Waals surface area (Å²) >= 11 is 0. The first-order chi connectivity index (χ1) is 24.1. The summed E-state index contributed by atoms with van der Waals surface area (Å²) < 4.78 is 38.7. The number of ether oxygens (including phenoxy) is 2. The zero-order valence-corrected chi connectivity index (χ0v) is 29.7. The van der Waals surface area contributed by atoms with Gasteiger partial charge in [0.25, 0.3) is 11.8 Å². The minimum atomic E-state index is -4.16. The van der Waals surface area contributed by atoms with Crippen LogP contribution in [-0.2, 0) is 21.0 Å². The lowest BCUT2D eigenvalue weighted by molar-refractivity contribution is 0.0528. The Morgan fingerprint density at radius 3 is 2.29 bits per heavy atom. The van der Waals surface area contributed by atoms with Crippen molar-refractivity contribution < 1.29 is 32.3 Å². The van der Waals surface area contributed by atoms with Gasteiger partial charge in [0, 0.05) is 41.1 Å². The van der Waals surface area contributed by atoms with Gasteiger partial charge in [-0.25, -0.2) is 13.2 Å². The van der Waals surface area contributed by atoms with Gasteiger partial charge in [-0.15, -0.1) is 0 Å². The van der Waals surface area contributed by atoms with Crippen molar-refractivity contribution in [1.82, 2.24) is 10.3 Å². The van der Waals surface area contributed by atoms with Crippen molar-refractivity contribution in [3.8, 4) is 5.75 Å². The number of aromatic nitrogens is 1. The highest BCUT2D eigenvalue weighted by molar-refractivity contribution is 7.91. The monoisotopic (exact) mass is 709 g/mol. The fraction of sp³-hybridized carbons (Fsp3) is 0.211. The van der Waals surface area contributed by atoms with Gasteiger partial charge in [0.05, 0.1) is 33.7 Å². The van der Waals surface area contributed by atoms with E-state index in [1.807, 2.05) is 12.1 Å². The number of rotatable bonds is 11. The molecule has 1 aromatic heterocycles. The highest BCUT2D eigenvalue weighted by atomic mass is 32.2. The molecule has 0 fully saturated rings. The topological polar surface area (TPSA) is 179 Å². The Kier molecular flexibility index (Phi) is 10.6. The van der Waals surface area contributed by atoms with Crippen LogP contribution in [0.5, 0.6) is 5.75 Å². The SMILES string of the molecule is COc1cccc(Nc2c(C(N)=O)cnc3c(C)cc(S(=O)(=O)c4cccc(C(=O)Nc5ccc(CCNC(=O)OC(C)(C)C)cc5)c4)cc23)c1. The number of benzene rings is 4. The molecule has 12 nitrogen and oxygen atoms in total. The third-order valence-electron chi connectivity index (χ3n) is 7.75. The fourth-order valence-electron chi connectivity index (χ4n) is 5.29. The number of methoxy groups -OCH3 is 1. The van der Waals surface area contributed by atoms with E-state index in [1.165, 1.54) is 49.7 Å². The van der Waals surface area contributed by atoms with Crippen molar-refractivity contribution in [2.75, 3.05) is 24.3 Å². The molecule has 264 valence electrons. The van der Waals surface area contributed by atoms with Crippen LogP contribution in [0.4, 0.5) is 21.9 Å². The van der Waals surface area contributed by atoms with Crippen molar-refractivity contribution in [2.45, 2.75) is 49.5 Å². The molecular formula is C38H39N5O7S. The molecule has 5 aromatic rings. The van der Waals surface area contributed by atoms with Crippen LogP contribution >= 0.6 is 0 Å². The van der Waals surface area contributed by atoms with E-state index in [4.69, 9.17) is 15.2 Å². The van der Waals surface area contributed by atoms with Gasteiger partial charge in [-0.2, -0.15) is 0 Å². The van der Waals surface area contributed by atoms with Crippen LogP contribution in [-0.4, -0.2) is 50.6 Å². The minimum absolute atomic E-state index is 0.0566. The van der Waals surface area contributed by atoms with E-state index in [2.05, 4.69) is 20.9 Å². The Morgan fingerprint density at radius 2 is 1.61 bits per heavy atom. The Labute approximate surface area is 296 Å². The van der Waals surface area contributed by atoms with Crippen molar-refractivity contribution in [3.63, 3.8) is 0 Å². The maximum atomic E-state index is 14.1. The van der Waals surface area contributed by atoms with Crippen molar-refractivity contribution in [3.05, 3.63) is 113 Å². The number of amides is 3. The van der Waals surface area contributed by atoms with Crippen LogP contribution in [0.15, 0.2) is 101 Å². The van der Waals surface area contributed by atoms with Gasteiger partial charge in [-0.3, -0.25) is 14.6 Å². The summed E-state index contributed by atoms with van der Waals surface area (Å²) in [5.41, 5.74) is 8.67. The van der Waals surface area contributed by atoms with Gasteiger partial charge in [0.15, 0.2) is 0 Å². The Bertz CT molecular complexity index is 2230. The molecule has 1 heterocycles. The second-order valence-electron chi connectivity index (χ2n) is 12.8. The van der Waals surface area contributed by atoms with Crippen LogP contribution < -0.4 is 26.4 Å². The van der Waals surface area contributed by atoms with Gasteiger partial charge in [0.2, 0.25) is 9.84 Å². The molecule has 3 amide bonds. The number of alkyl carbamates (subject to hydrolysis) is 1. The van der Waals surface area contributed by atoms with E-state index in [9.17, 15) is 22.8 Å². The van der Waals surface area contributed by atoms with E-state index >= 15 is 0 Å². The normalized spacial score (nSPS) is 11.5. The number of carbonyl (C=O) groups excluding carboxylic acids is 3. The van der Waals surface area contributed by atoms with Gasteiger partial charge in [-0.1, -0.05) is 24.3 Å². The number of carbonyl (C=O) groups is 3. The van der Waals surface area contributed by atoms with Gasteiger partial charge in [0.1, 0.15) is 11.4 Å². The van der Waals surface area contributed by atoms with Crippen molar-refractivity contribution in [1.29, 1.82) is 0 Å². The molecule has 0 bridgehead atoms. The third-order valence-corrected chi connectivity index (χ3v) is 9.48. The fourth-order valence-corrected chi connectivity index (χ4v) is 6.71. The smallest absolute Gasteiger partial charge is 0.407 e. The maximum absolute atomic E-state index is 14.1. The molecule has 13 heteroatoms. The second-order valence-corrected chi connectivity index (χ2v) is 14.7. The predicted octanol–water partition coefficient (Wildman–Crippen LogP) is 6.55. The molecule has 0 aliphatic heterocycles. The quantitative estimate of drug-likeness (QED) is 0.118. The number of nitrogens with zero attached hydrogens (tertiary/aromatic N) is 1. The zero-order chi connectivity index (χ0) is 36.9. The van der Waals surface area contributed by atoms with Gasteiger partial charge >= 0.3 is 6.09 Å². The maximum Gasteiger partial charge on any atom is 0.407 e. The summed E-state index contributed by atoms with van der Waals surface area (Å²) in [5.74, 6) is -0.672. The van der Waals surface area contributed by atoms with Gasteiger partial charge < -0.3 is 31.2 Å². The summed E-state index contributed by atoms with van der Waals surface area (Å²) in [4.78, 5) is 41.8. The summed E-state index contributed by atoms with van der Waals surface area (Å²) in [6, 6.07) is 22.8. The highest BCUT2D eigenvalue weighted by Crippen LogP contribution is 2.35. The number of nitrogens with one attached hydrogen (secondary N) is 3. The lowest BCUT2D eigenvalue weighted by Gasteiger charge is -2.19. The molecule has 0 aliphatic rings. The lowest BCUT2D eigenvalue weighted by Crippen LogP contribution is -2.33. The number of pyridine rings is 1. The number of hydrogen-bond acceptors (Lipinski definition) is 9. The molecule has 4 aromatic carbocycles. The minimum Gasteiger partial charge on any atom is -0.497 e. The van der Waals surface area contributed by atoms with Crippen LogP contribution in [0.3, 0.4) is 0 Å². The first-order valence-corrected chi connectivity index (χ1v) is 17.5. The Hall–Kier alpha value is -5.95. The predicted molar refractivity (Wildman–Crippen MR) is 196 cm³/mol. The summed E-state index contributed by atoms with van der Waals surface area (Å²) in [6.07, 6.45) is 1.42. The van der Waals surface area contributed by atoms with Crippen LogP contribution in [0.1, 0.15) is 52.6 Å². The van der Waals surface area contributed by atoms with Crippen LogP contribution in [0.25, 0.3) is 10.9 Å². The van der Waals surface area contributed by atoms with Gasteiger partial charge in [-0.05, 0) is 99.8 Å². The summed E-state index contributed by atoms with van der Waals surface area (Å²) in [5, 5.41) is 9.08.